The summed E-state index contributed by atoms with van der Waals surface area (Å²) < 4.78 is 12.5. The molecule has 1 atom stereocenters. The van der Waals surface area contributed by atoms with E-state index in [0.29, 0.717) is 12.8 Å². The van der Waals surface area contributed by atoms with Crippen LogP contribution in [0.1, 0.15) is 60.5 Å². The quantitative estimate of drug-likeness (QED) is 0.772. The maximum absolute atomic E-state index is 11.1. The monoisotopic (exact) mass is 380 g/mol. The predicted molar refractivity (Wildman–Crippen MR) is 108 cm³/mol. The molecule has 2 aromatic rings. The third kappa shape index (κ3) is 3.87. The van der Waals surface area contributed by atoms with E-state index >= 15 is 0 Å². The first-order valence-corrected chi connectivity index (χ1v) is 10.3. The van der Waals surface area contributed by atoms with E-state index in [1.54, 1.807) is 0 Å². The number of aryl methyl sites for hydroxylation is 3. The number of carboxylic acid groups (broad SMARTS) is 1. The molecule has 4 nitrogen and oxygen atoms in total. The molecule has 1 unspecified atom stereocenters. The van der Waals surface area contributed by atoms with Crippen molar-refractivity contribution in [2.24, 2.45) is 5.92 Å². The Kier molecular flexibility index (Phi) is 5.29. The molecule has 4 rings (SSSR count). The van der Waals surface area contributed by atoms with Crippen molar-refractivity contribution in [3.8, 4) is 11.5 Å². The van der Waals surface area contributed by atoms with Crippen LogP contribution in [0.15, 0.2) is 36.4 Å². The molecule has 1 N–H and O–H groups in total. The van der Waals surface area contributed by atoms with Crippen LogP contribution in [0.3, 0.4) is 0 Å². The standard InChI is InChI=1S/C24H28O4/c1-15-4-3-5-16(2)23(15)22-12-8-18-14-20(11-13-21(18)28-22)27-19-9-6-17(7-10-19)24(25)26/h3-5,11,13-14,17,19,22H,6-10,12H2,1-2H3,(H,25,26). The molecule has 1 aliphatic carbocycles. The molecule has 2 aliphatic rings. The first-order chi connectivity index (χ1) is 13.5. The molecule has 0 saturated heterocycles. The minimum atomic E-state index is -0.678. The van der Waals surface area contributed by atoms with Gasteiger partial charge in [0.1, 0.15) is 17.6 Å². The fraction of sp³-hybridized carbons (Fsp3) is 0.458. The molecule has 0 bridgehead atoms. The number of carboxylic acids is 1. The van der Waals surface area contributed by atoms with Gasteiger partial charge < -0.3 is 14.6 Å². The summed E-state index contributed by atoms with van der Waals surface area (Å²) in [6.07, 6.45) is 5.16. The maximum atomic E-state index is 11.1. The van der Waals surface area contributed by atoms with Crippen LogP contribution in [0.5, 0.6) is 11.5 Å². The molecule has 0 amide bonds. The first-order valence-electron chi connectivity index (χ1n) is 10.3. The zero-order valence-electron chi connectivity index (χ0n) is 16.6. The summed E-state index contributed by atoms with van der Waals surface area (Å²) in [6, 6.07) is 12.5. The Bertz CT molecular complexity index is 845. The summed E-state index contributed by atoms with van der Waals surface area (Å²) in [5.41, 5.74) is 5.07. The van der Waals surface area contributed by atoms with E-state index in [9.17, 15) is 4.79 Å². The van der Waals surface area contributed by atoms with E-state index in [1.807, 2.05) is 12.1 Å². The highest BCUT2D eigenvalue weighted by Crippen LogP contribution is 2.39. The Hall–Kier alpha value is -2.49. The fourth-order valence-corrected chi connectivity index (χ4v) is 4.60. The summed E-state index contributed by atoms with van der Waals surface area (Å²) in [6.45, 7) is 4.30. The van der Waals surface area contributed by atoms with Crippen LogP contribution >= 0.6 is 0 Å². The lowest BCUT2D eigenvalue weighted by atomic mass is 9.87. The van der Waals surface area contributed by atoms with E-state index in [0.717, 1.165) is 37.2 Å². The van der Waals surface area contributed by atoms with Crippen molar-refractivity contribution in [1.82, 2.24) is 0 Å². The SMILES string of the molecule is Cc1cccc(C)c1C1CCc2cc(OC3CCC(C(=O)O)CC3)ccc2O1. The number of aliphatic carboxylic acids is 1. The van der Waals surface area contributed by atoms with Gasteiger partial charge in [0.05, 0.1) is 12.0 Å². The average Bonchev–Trinajstić information content (AvgIpc) is 2.68. The topological polar surface area (TPSA) is 55.8 Å². The zero-order valence-corrected chi connectivity index (χ0v) is 16.6. The molecule has 2 aromatic carbocycles. The minimum absolute atomic E-state index is 0.103. The summed E-state index contributed by atoms with van der Waals surface area (Å²) >= 11 is 0. The molecule has 0 spiro atoms. The molecule has 148 valence electrons. The highest BCUT2D eigenvalue weighted by atomic mass is 16.5. The molecular weight excluding hydrogens is 352 g/mol. The second kappa shape index (κ2) is 7.86. The molecule has 1 heterocycles. The van der Waals surface area contributed by atoms with Gasteiger partial charge in [-0.15, -0.1) is 0 Å². The number of rotatable bonds is 4. The van der Waals surface area contributed by atoms with Gasteiger partial charge in [-0.2, -0.15) is 0 Å². The molecule has 0 aromatic heterocycles. The van der Waals surface area contributed by atoms with Gasteiger partial charge in [0.25, 0.3) is 0 Å². The van der Waals surface area contributed by atoms with Gasteiger partial charge in [-0.1, -0.05) is 18.2 Å². The van der Waals surface area contributed by atoms with Crippen LogP contribution in [0.4, 0.5) is 0 Å². The second-order valence-electron chi connectivity index (χ2n) is 8.15. The van der Waals surface area contributed by atoms with E-state index in [-0.39, 0.29) is 18.1 Å². The summed E-state index contributed by atoms with van der Waals surface area (Å²) in [4.78, 5) is 11.1. The second-order valence-corrected chi connectivity index (χ2v) is 8.15. The van der Waals surface area contributed by atoms with Crippen molar-refractivity contribution in [2.75, 3.05) is 0 Å². The summed E-state index contributed by atoms with van der Waals surface area (Å²) in [5.74, 6) is 0.925. The zero-order chi connectivity index (χ0) is 19.7. The molecule has 4 heteroatoms. The van der Waals surface area contributed by atoms with E-state index in [4.69, 9.17) is 14.6 Å². The average molecular weight is 380 g/mol. The molecule has 0 radical (unpaired) electrons. The van der Waals surface area contributed by atoms with Crippen LogP contribution < -0.4 is 9.47 Å². The van der Waals surface area contributed by atoms with Gasteiger partial charge in [0.2, 0.25) is 0 Å². The Labute approximate surface area is 166 Å². The number of ether oxygens (including phenoxy) is 2. The molecule has 1 fully saturated rings. The Morgan fingerprint density at radius 2 is 1.75 bits per heavy atom. The lowest BCUT2D eigenvalue weighted by molar-refractivity contribution is -0.143. The van der Waals surface area contributed by atoms with Crippen LogP contribution in [0.2, 0.25) is 0 Å². The third-order valence-electron chi connectivity index (χ3n) is 6.17. The smallest absolute Gasteiger partial charge is 0.306 e. The van der Waals surface area contributed by atoms with Gasteiger partial charge in [0, 0.05) is 0 Å². The lowest BCUT2D eigenvalue weighted by Crippen LogP contribution is -2.27. The fourth-order valence-electron chi connectivity index (χ4n) is 4.60. The number of fused-ring (bicyclic) bond motifs is 1. The molecule has 1 saturated carbocycles. The Balaban J connectivity index is 1.43. The Morgan fingerprint density at radius 3 is 2.43 bits per heavy atom. The van der Waals surface area contributed by atoms with Crippen molar-refractivity contribution in [2.45, 2.75) is 64.6 Å². The van der Waals surface area contributed by atoms with Crippen LogP contribution in [0, 0.1) is 19.8 Å². The van der Waals surface area contributed by atoms with Crippen LogP contribution in [-0.2, 0) is 11.2 Å². The number of hydrogen-bond acceptors (Lipinski definition) is 3. The maximum Gasteiger partial charge on any atom is 0.306 e. The van der Waals surface area contributed by atoms with Gasteiger partial charge in [0.15, 0.2) is 0 Å². The van der Waals surface area contributed by atoms with Crippen molar-refractivity contribution in [3.63, 3.8) is 0 Å². The highest BCUT2D eigenvalue weighted by Gasteiger charge is 2.28. The van der Waals surface area contributed by atoms with E-state index in [1.165, 1.54) is 22.3 Å². The molecule has 1 aliphatic heterocycles. The van der Waals surface area contributed by atoms with Gasteiger partial charge in [-0.25, -0.2) is 0 Å². The first kappa shape index (κ1) is 18.9. The lowest BCUT2D eigenvalue weighted by Gasteiger charge is -2.30. The molecular formula is C24H28O4. The minimum Gasteiger partial charge on any atom is -0.490 e. The highest BCUT2D eigenvalue weighted by molar-refractivity contribution is 5.70. The number of benzene rings is 2. The normalized spacial score (nSPS) is 24.1. The van der Waals surface area contributed by atoms with Crippen molar-refractivity contribution in [1.29, 1.82) is 0 Å². The van der Waals surface area contributed by atoms with Gasteiger partial charge in [-0.3, -0.25) is 4.79 Å². The third-order valence-corrected chi connectivity index (χ3v) is 6.17. The predicted octanol–water partition coefficient (Wildman–Crippen LogP) is 5.39. The largest absolute Gasteiger partial charge is 0.490 e. The summed E-state index contributed by atoms with van der Waals surface area (Å²) in [5, 5.41) is 9.13. The van der Waals surface area contributed by atoms with Crippen LogP contribution in [0.25, 0.3) is 0 Å². The van der Waals surface area contributed by atoms with Crippen molar-refractivity contribution >= 4 is 5.97 Å². The van der Waals surface area contributed by atoms with E-state index < -0.39 is 5.97 Å². The summed E-state index contributed by atoms with van der Waals surface area (Å²) in [7, 11) is 0. The van der Waals surface area contributed by atoms with Gasteiger partial charge in [-0.05, 0) is 92.8 Å². The number of hydrogen-bond donors (Lipinski definition) is 1. The van der Waals surface area contributed by atoms with Crippen LogP contribution in [-0.4, -0.2) is 17.2 Å². The van der Waals surface area contributed by atoms with Crippen molar-refractivity contribution in [3.05, 3.63) is 58.7 Å². The van der Waals surface area contributed by atoms with Gasteiger partial charge >= 0.3 is 5.97 Å². The van der Waals surface area contributed by atoms with Crippen molar-refractivity contribution < 1.29 is 19.4 Å². The Morgan fingerprint density at radius 1 is 1.04 bits per heavy atom. The number of carbonyl (C=O) groups is 1. The molecule has 28 heavy (non-hydrogen) atoms. The van der Waals surface area contributed by atoms with E-state index in [2.05, 4.69) is 38.1 Å².